The van der Waals surface area contributed by atoms with Crippen molar-refractivity contribution in [2.45, 2.75) is 31.2 Å². The van der Waals surface area contributed by atoms with Gasteiger partial charge < -0.3 is 9.32 Å². The highest BCUT2D eigenvalue weighted by Gasteiger charge is 2.32. The molecular formula is C11H17ClN4O. The third kappa shape index (κ3) is 2.13. The molecule has 17 heavy (non-hydrogen) atoms. The normalized spacial score (nSPS) is 27.2. The Labute approximate surface area is 106 Å². The highest BCUT2D eigenvalue weighted by atomic mass is 35.5. The summed E-state index contributed by atoms with van der Waals surface area (Å²) >= 11 is 5.92. The minimum absolute atomic E-state index is 0.219. The zero-order valence-corrected chi connectivity index (χ0v) is 10.7. The number of hydrogen-bond donors (Lipinski definition) is 0. The zero-order valence-electron chi connectivity index (χ0n) is 9.97. The largest absolute Gasteiger partial charge is 0.406 e. The molecule has 2 aliphatic rings. The van der Waals surface area contributed by atoms with Crippen molar-refractivity contribution in [2.75, 3.05) is 31.1 Å². The lowest BCUT2D eigenvalue weighted by atomic mass is 10.2. The summed E-state index contributed by atoms with van der Waals surface area (Å²) in [5.41, 5.74) is 0. The maximum Gasteiger partial charge on any atom is 0.318 e. The average molecular weight is 257 g/mol. The predicted octanol–water partition coefficient (Wildman–Crippen LogP) is 1.65. The molecule has 2 saturated heterocycles. The van der Waals surface area contributed by atoms with Crippen LogP contribution < -0.4 is 4.90 Å². The van der Waals surface area contributed by atoms with E-state index in [0.29, 0.717) is 17.9 Å². The fourth-order valence-corrected chi connectivity index (χ4v) is 2.77. The first-order valence-corrected chi connectivity index (χ1v) is 6.64. The van der Waals surface area contributed by atoms with Gasteiger partial charge in [0, 0.05) is 25.7 Å². The van der Waals surface area contributed by atoms with Crippen LogP contribution in [-0.2, 0) is 0 Å². The van der Waals surface area contributed by atoms with Crippen molar-refractivity contribution in [3.05, 3.63) is 5.89 Å². The highest BCUT2D eigenvalue weighted by Crippen LogP contribution is 2.26. The summed E-state index contributed by atoms with van der Waals surface area (Å²) in [6.45, 7) is 6.14. The number of hydrogen-bond acceptors (Lipinski definition) is 5. The number of piperazine rings is 1. The van der Waals surface area contributed by atoms with Crippen LogP contribution in [0.1, 0.15) is 31.0 Å². The quantitative estimate of drug-likeness (QED) is 0.753. The molecule has 0 radical (unpaired) electrons. The van der Waals surface area contributed by atoms with Gasteiger partial charge in [0.2, 0.25) is 5.89 Å². The Hall–Kier alpha value is -0.810. The Morgan fingerprint density at radius 1 is 1.35 bits per heavy atom. The second kappa shape index (κ2) is 4.46. The van der Waals surface area contributed by atoms with E-state index in [-0.39, 0.29) is 5.38 Å². The Morgan fingerprint density at radius 3 is 3.00 bits per heavy atom. The van der Waals surface area contributed by atoms with Crippen molar-refractivity contribution in [1.29, 1.82) is 0 Å². The Morgan fingerprint density at radius 2 is 2.24 bits per heavy atom. The first kappa shape index (κ1) is 11.3. The SMILES string of the molecule is CC(Cl)c1nnc(N2CCN3CCCC3C2)o1. The lowest BCUT2D eigenvalue weighted by molar-refractivity contribution is 0.225. The van der Waals surface area contributed by atoms with Gasteiger partial charge in [-0.15, -0.1) is 16.7 Å². The number of anilines is 1. The molecule has 0 N–H and O–H groups in total. The molecule has 2 unspecified atom stereocenters. The lowest BCUT2D eigenvalue weighted by Gasteiger charge is -2.36. The molecule has 0 spiro atoms. The van der Waals surface area contributed by atoms with Gasteiger partial charge in [-0.05, 0) is 26.3 Å². The molecule has 5 nitrogen and oxygen atoms in total. The summed E-state index contributed by atoms with van der Waals surface area (Å²) in [4.78, 5) is 4.74. The van der Waals surface area contributed by atoms with Crippen molar-refractivity contribution >= 4 is 17.6 Å². The first-order valence-electron chi connectivity index (χ1n) is 6.20. The van der Waals surface area contributed by atoms with Crippen LogP contribution in [0.2, 0.25) is 0 Å². The molecule has 0 bridgehead atoms. The van der Waals surface area contributed by atoms with Crippen LogP contribution >= 0.6 is 11.6 Å². The summed E-state index contributed by atoms with van der Waals surface area (Å²) in [7, 11) is 0. The second-order valence-electron chi connectivity index (χ2n) is 4.82. The van der Waals surface area contributed by atoms with E-state index in [4.69, 9.17) is 16.0 Å². The highest BCUT2D eigenvalue weighted by molar-refractivity contribution is 6.20. The minimum atomic E-state index is -0.219. The van der Waals surface area contributed by atoms with Gasteiger partial charge in [0.1, 0.15) is 5.38 Å². The zero-order chi connectivity index (χ0) is 11.8. The van der Waals surface area contributed by atoms with Crippen LogP contribution in [0, 0.1) is 0 Å². The number of aromatic nitrogens is 2. The van der Waals surface area contributed by atoms with Crippen LogP contribution in [0.15, 0.2) is 4.42 Å². The molecule has 3 heterocycles. The molecule has 1 aromatic heterocycles. The fraction of sp³-hybridized carbons (Fsp3) is 0.818. The number of rotatable bonds is 2. The lowest BCUT2D eigenvalue weighted by Crippen LogP contribution is -2.50. The topological polar surface area (TPSA) is 45.4 Å². The van der Waals surface area contributed by atoms with E-state index < -0.39 is 0 Å². The minimum Gasteiger partial charge on any atom is -0.406 e. The standard InChI is InChI=1S/C11H17ClN4O/c1-8(12)10-13-14-11(17-10)16-6-5-15-4-2-3-9(15)7-16/h8-9H,2-7H2,1H3. The maximum atomic E-state index is 5.92. The van der Waals surface area contributed by atoms with Gasteiger partial charge >= 0.3 is 6.01 Å². The number of halogens is 1. The van der Waals surface area contributed by atoms with Crippen molar-refractivity contribution < 1.29 is 4.42 Å². The molecule has 1 aromatic rings. The molecule has 94 valence electrons. The molecule has 2 atom stereocenters. The molecule has 0 saturated carbocycles. The van der Waals surface area contributed by atoms with Crippen molar-refractivity contribution in [1.82, 2.24) is 15.1 Å². The van der Waals surface area contributed by atoms with Gasteiger partial charge in [-0.1, -0.05) is 5.10 Å². The predicted molar refractivity (Wildman–Crippen MR) is 65.4 cm³/mol. The van der Waals surface area contributed by atoms with Crippen LogP contribution in [0.5, 0.6) is 0 Å². The van der Waals surface area contributed by atoms with Gasteiger partial charge in [-0.25, -0.2) is 0 Å². The van der Waals surface area contributed by atoms with Gasteiger partial charge in [0.15, 0.2) is 0 Å². The van der Waals surface area contributed by atoms with Crippen molar-refractivity contribution in [2.24, 2.45) is 0 Å². The van der Waals surface area contributed by atoms with Gasteiger partial charge in [-0.2, -0.15) is 0 Å². The molecule has 2 fully saturated rings. The van der Waals surface area contributed by atoms with E-state index in [0.717, 1.165) is 19.6 Å². The Kier molecular flexibility index (Phi) is 2.96. The fourth-order valence-electron chi connectivity index (χ4n) is 2.68. The first-order chi connectivity index (χ1) is 8.24. The monoisotopic (exact) mass is 256 g/mol. The third-order valence-electron chi connectivity index (χ3n) is 3.63. The molecule has 0 aromatic carbocycles. The van der Waals surface area contributed by atoms with E-state index in [1.165, 1.54) is 19.4 Å². The van der Waals surface area contributed by atoms with Crippen LogP contribution in [0.4, 0.5) is 6.01 Å². The maximum absolute atomic E-state index is 5.92. The van der Waals surface area contributed by atoms with Crippen molar-refractivity contribution in [3.8, 4) is 0 Å². The Bertz CT molecular complexity index is 395. The van der Waals surface area contributed by atoms with Gasteiger partial charge in [0.05, 0.1) is 0 Å². The van der Waals surface area contributed by atoms with Gasteiger partial charge in [-0.3, -0.25) is 4.90 Å². The summed E-state index contributed by atoms with van der Waals surface area (Å²) in [5.74, 6) is 0.510. The van der Waals surface area contributed by atoms with E-state index in [1.54, 1.807) is 0 Å². The van der Waals surface area contributed by atoms with Crippen molar-refractivity contribution in [3.63, 3.8) is 0 Å². The second-order valence-corrected chi connectivity index (χ2v) is 5.47. The summed E-state index contributed by atoms with van der Waals surface area (Å²) in [5, 5.41) is 7.84. The third-order valence-corrected chi connectivity index (χ3v) is 3.81. The van der Waals surface area contributed by atoms with E-state index >= 15 is 0 Å². The number of alkyl halides is 1. The smallest absolute Gasteiger partial charge is 0.318 e. The number of nitrogens with zero attached hydrogens (tertiary/aromatic N) is 4. The molecular weight excluding hydrogens is 240 g/mol. The Balaban J connectivity index is 1.71. The summed E-state index contributed by atoms with van der Waals surface area (Å²) in [6.07, 6.45) is 2.59. The summed E-state index contributed by atoms with van der Waals surface area (Å²) < 4.78 is 5.59. The molecule has 0 aliphatic carbocycles. The summed E-state index contributed by atoms with van der Waals surface area (Å²) in [6, 6.07) is 1.28. The van der Waals surface area contributed by atoms with E-state index in [1.807, 2.05) is 6.92 Å². The molecule has 2 aliphatic heterocycles. The van der Waals surface area contributed by atoms with Gasteiger partial charge in [0.25, 0.3) is 0 Å². The van der Waals surface area contributed by atoms with Crippen LogP contribution in [-0.4, -0.2) is 47.3 Å². The van der Waals surface area contributed by atoms with Crippen LogP contribution in [0.25, 0.3) is 0 Å². The average Bonchev–Trinajstić information content (AvgIpc) is 2.97. The molecule has 6 heteroatoms. The van der Waals surface area contributed by atoms with E-state index in [2.05, 4.69) is 20.0 Å². The van der Waals surface area contributed by atoms with Crippen LogP contribution in [0.3, 0.4) is 0 Å². The van der Waals surface area contributed by atoms with E-state index in [9.17, 15) is 0 Å². The molecule has 3 rings (SSSR count). The number of fused-ring (bicyclic) bond motifs is 1. The molecule has 0 amide bonds.